The second-order valence-electron chi connectivity index (χ2n) is 4.36. The quantitative estimate of drug-likeness (QED) is 0.734. The van der Waals surface area contributed by atoms with Crippen molar-refractivity contribution in [1.29, 1.82) is 5.26 Å². The fourth-order valence-electron chi connectivity index (χ4n) is 1.99. The number of hydrogen-bond acceptors (Lipinski definition) is 3. The van der Waals surface area contributed by atoms with Gasteiger partial charge in [-0.2, -0.15) is 18.4 Å². The van der Waals surface area contributed by atoms with Crippen molar-refractivity contribution in [2.75, 3.05) is 18.0 Å². The Labute approximate surface area is 109 Å². The van der Waals surface area contributed by atoms with Crippen molar-refractivity contribution in [1.82, 2.24) is 4.98 Å². The SMILES string of the molecule is Cc1ccc(C#N)c(N2CC=C(C(F)(F)F)CC2)n1. The highest BCUT2D eigenvalue weighted by Crippen LogP contribution is 2.31. The number of nitriles is 1. The van der Waals surface area contributed by atoms with Crippen LogP contribution in [0.15, 0.2) is 23.8 Å². The number of pyridine rings is 1. The van der Waals surface area contributed by atoms with E-state index in [1.54, 1.807) is 24.0 Å². The van der Waals surface area contributed by atoms with E-state index in [4.69, 9.17) is 5.26 Å². The maximum Gasteiger partial charge on any atom is 0.412 e. The van der Waals surface area contributed by atoms with Crippen LogP contribution in [0, 0.1) is 18.3 Å². The second-order valence-corrected chi connectivity index (χ2v) is 4.36. The first-order valence-corrected chi connectivity index (χ1v) is 5.80. The lowest BCUT2D eigenvalue weighted by Gasteiger charge is -2.28. The van der Waals surface area contributed by atoms with Crippen LogP contribution in [0.2, 0.25) is 0 Å². The molecule has 0 radical (unpaired) electrons. The first kappa shape index (κ1) is 13.4. The molecule has 0 fully saturated rings. The monoisotopic (exact) mass is 267 g/mol. The molecule has 2 heterocycles. The van der Waals surface area contributed by atoms with Gasteiger partial charge in [-0.3, -0.25) is 0 Å². The van der Waals surface area contributed by atoms with Gasteiger partial charge in [-0.1, -0.05) is 6.08 Å². The van der Waals surface area contributed by atoms with E-state index in [9.17, 15) is 13.2 Å². The van der Waals surface area contributed by atoms with E-state index in [0.717, 1.165) is 11.8 Å². The van der Waals surface area contributed by atoms with Gasteiger partial charge >= 0.3 is 6.18 Å². The summed E-state index contributed by atoms with van der Waals surface area (Å²) < 4.78 is 37.6. The minimum atomic E-state index is -4.26. The molecule has 0 atom stereocenters. The molecule has 2 rings (SSSR count). The molecule has 0 N–H and O–H groups in total. The van der Waals surface area contributed by atoms with Crippen LogP contribution in [0.1, 0.15) is 17.7 Å². The third-order valence-electron chi connectivity index (χ3n) is 3.01. The minimum absolute atomic E-state index is 0.0794. The average Bonchev–Trinajstić information content (AvgIpc) is 2.38. The van der Waals surface area contributed by atoms with Gasteiger partial charge in [0.15, 0.2) is 0 Å². The van der Waals surface area contributed by atoms with E-state index >= 15 is 0 Å². The molecule has 1 aliphatic heterocycles. The largest absolute Gasteiger partial charge is 0.412 e. The van der Waals surface area contributed by atoms with Crippen molar-refractivity contribution in [3.8, 4) is 6.07 Å². The lowest BCUT2D eigenvalue weighted by atomic mass is 10.1. The summed E-state index contributed by atoms with van der Waals surface area (Å²) >= 11 is 0. The standard InChI is InChI=1S/C13H12F3N3/c1-9-2-3-10(8-17)12(18-9)19-6-4-11(5-7-19)13(14,15)16/h2-4H,5-7H2,1H3. The Morgan fingerprint density at radius 2 is 2.11 bits per heavy atom. The van der Waals surface area contributed by atoms with Crippen molar-refractivity contribution >= 4 is 5.82 Å². The maximum absolute atomic E-state index is 12.5. The van der Waals surface area contributed by atoms with Crippen LogP contribution < -0.4 is 4.90 Å². The Balaban J connectivity index is 2.25. The number of aryl methyl sites for hydroxylation is 1. The van der Waals surface area contributed by atoms with E-state index in [-0.39, 0.29) is 19.5 Å². The number of hydrogen-bond donors (Lipinski definition) is 0. The van der Waals surface area contributed by atoms with Gasteiger partial charge in [0, 0.05) is 24.4 Å². The van der Waals surface area contributed by atoms with E-state index < -0.39 is 11.7 Å². The Bertz CT molecular complexity index is 555. The van der Waals surface area contributed by atoms with Crippen LogP contribution in [0.4, 0.5) is 19.0 Å². The number of rotatable bonds is 1. The number of anilines is 1. The maximum atomic E-state index is 12.5. The third kappa shape index (κ3) is 2.87. The predicted molar refractivity (Wildman–Crippen MR) is 64.7 cm³/mol. The Morgan fingerprint density at radius 3 is 2.63 bits per heavy atom. The van der Waals surface area contributed by atoms with Crippen LogP contribution >= 0.6 is 0 Å². The zero-order valence-electron chi connectivity index (χ0n) is 10.3. The first-order valence-electron chi connectivity index (χ1n) is 5.80. The molecular formula is C13H12F3N3. The minimum Gasteiger partial charge on any atom is -0.351 e. The fraction of sp³-hybridized carbons (Fsp3) is 0.385. The van der Waals surface area contributed by atoms with Crippen molar-refractivity contribution in [3.63, 3.8) is 0 Å². The van der Waals surface area contributed by atoms with Crippen LogP contribution in [-0.4, -0.2) is 24.2 Å². The Hall–Kier alpha value is -2.03. The predicted octanol–water partition coefficient (Wildman–Crippen LogP) is 2.96. The highest BCUT2D eigenvalue weighted by atomic mass is 19.4. The molecule has 3 nitrogen and oxygen atoms in total. The lowest BCUT2D eigenvalue weighted by molar-refractivity contribution is -0.0944. The number of aromatic nitrogens is 1. The molecule has 19 heavy (non-hydrogen) atoms. The molecule has 0 spiro atoms. The number of nitrogens with zero attached hydrogens (tertiary/aromatic N) is 3. The Kier molecular flexibility index (Phi) is 3.47. The van der Waals surface area contributed by atoms with Gasteiger partial charge in [-0.25, -0.2) is 4.98 Å². The van der Waals surface area contributed by atoms with E-state index in [1.807, 2.05) is 6.07 Å². The molecule has 1 aromatic heterocycles. The van der Waals surface area contributed by atoms with Crippen LogP contribution in [0.5, 0.6) is 0 Å². The second kappa shape index (κ2) is 4.92. The van der Waals surface area contributed by atoms with E-state index in [1.165, 1.54) is 0 Å². The van der Waals surface area contributed by atoms with E-state index in [0.29, 0.717) is 11.4 Å². The molecule has 0 saturated carbocycles. The van der Waals surface area contributed by atoms with Crippen LogP contribution in [-0.2, 0) is 0 Å². The van der Waals surface area contributed by atoms with Crippen LogP contribution in [0.25, 0.3) is 0 Å². The third-order valence-corrected chi connectivity index (χ3v) is 3.01. The van der Waals surface area contributed by atoms with Gasteiger partial charge in [-0.15, -0.1) is 0 Å². The molecular weight excluding hydrogens is 255 g/mol. The number of alkyl halides is 3. The van der Waals surface area contributed by atoms with Crippen LogP contribution in [0.3, 0.4) is 0 Å². The van der Waals surface area contributed by atoms with E-state index in [2.05, 4.69) is 4.98 Å². The molecule has 6 heteroatoms. The summed E-state index contributed by atoms with van der Waals surface area (Å²) in [7, 11) is 0. The summed E-state index contributed by atoms with van der Waals surface area (Å²) in [6.45, 7) is 2.13. The average molecular weight is 267 g/mol. The first-order chi connectivity index (χ1) is 8.91. The highest BCUT2D eigenvalue weighted by Gasteiger charge is 2.35. The summed E-state index contributed by atoms with van der Waals surface area (Å²) in [4.78, 5) is 5.94. The summed E-state index contributed by atoms with van der Waals surface area (Å²) in [5.74, 6) is 0.458. The van der Waals surface area contributed by atoms with Gasteiger partial charge in [0.05, 0.1) is 5.56 Å². The Morgan fingerprint density at radius 1 is 1.37 bits per heavy atom. The topological polar surface area (TPSA) is 39.9 Å². The molecule has 1 aromatic rings. The van der Waals surface area contributed by atoms with Gasteiger partial charge in [0.2, 0.25) is 0 Å². The zero-order chi connectivity index (χ0) is 14.0. The highest BCUT2D eigenvalue weighted by molar-refractivity contribution is 5.55. The lowest BCUT2D eigenvalue weighted by Crippen LogP contribution is -2.33. The van der Waals surface area contributed by atoms with Gasteiger partial charge in [0.1, 0.15) is 11.9 Å². The molecule has 0 saturated heterocycles. The molecule has 0 aromatic carbocycles. The number of halogens is 3. The summed E-state index contributed by atoms with van der Waals surface area (Å²) in [6, 6.07) is 5.37. The van der Waals surface area contributed by atoms with Crippen molar-refractivity contribution < 1.29 is 13.2 Å². The zero-order valence-corrected chi connectivity index (χ0v) is 10.3. The molecule has 100 valence electrons. The smallest absolute Gasteiger partial charge is 0.351 e. The molecule has 0 amide bonds. The summed E-state index contributed by atoms with van der Waals surface area (Å²) in [5.41, 5.74) is 0.615. The molecule has 1 aliphatic rings. The summed E-state index contributed by atoms with van der Waals surface area (Å²) in [6.07, 6.45) is -3.18. The molecule has 0 aliphatic carbocycles. The fourth-order valence-corrected chi connectivity index (χ4v) is 1.99. The van der Waals surface area contributed by atoms with Crippen molar-refractivity contribution in [2.45, 2.75) is 19.5 Å². The normalized spacial score (nSPS) is 15.9. The van der Waals surface area contributed by atoms with Crippen molar-refractivity contribution in [2.24, 2.45) is 0 Å². The van der Waals surface area contributed by atoms with Gasteiger partial charge in [-0.05, 0) is 25.5 Å². The van der Waals surface area contributed by atoms with Gasteiger partial charge < -0.3 is 4.90 Å². The molecule has 0 bridgehead atoms. The van der Waals surface area contributed by atoms with Gasteiger partial charge in [0.25, 0.3) is 0 Å². The summed E-state index contributed by atoms with van der Waals surface area (Å²) in [5, 5.41) is 9.01. The van der Waals surface area contributed by atoms with Crippen molar-refractivity contribution in [3.05, 3.63) is 35.0 Å². The molecule has 0 unspecified atom stereocenters.